The molecule has 3 nitrogen and oxygen atoms in total. The van der Waals surface area contributed by atoms with Gasteiger partial charge in [0.1, 0.15) is 0 Å². The van der Waals surface area contributed by atoms with Crippen LogP contribution in [0, 0.1) is 11.3 Å². The van der Waals surface area contributed by atoms with E-state index in [-0.39, 0.29) is 6.10 Å². The third-order valence-corrected chi connectivity index (χ3v) is 1.99. The number of nitrogens with zero attached hydrogens (tertiary/aromatic N) is 1. The quantitative estimate of drug-likeness (QED) is 0.789. The molecule has 0 aliphatic carbocycles. The molecule has 0 bridgehead atoms. The molecule has 0 aromatic heterocycles. The van der Waals surface area contributed by atoms with Crippen molar-refractivity contribution in [2.24, 2.45) is 0 Å². The van der Waals surface area contributed by atoms with Gasteiger partial charge in [0.25, 0.3) is 0 Å². The minimum atomic E-state index is 0.167. The van der Waals surface area contributed by atoms with Gasteiger partial charge in [-0.05, 0) is 25.1 Å². The van der Waals surface area contributed by atoms with Gasteiger partial charge in [0.05, 0.1) is 17.7 Å². The Kier molecular flexibility index (Phi) is 3.96. The first-order valence-electron chi connectivity index (χ1n) is 4.53. The highest BCUT2D eigenvalue weighted by Crippen LogP contribution is 2.09. The second-order valence-electron chi connectivity index (χ2n) is 3.12. The van der Waals surface area contributed by atoms with Crippen molar-refractivity contribution in [1.29, 1.82) is 5.26 Å². The lowest BCUT2D eigenvalue weighted by Crippen LogP contribution is -2.17. The van der Waals surface area contributed by atoms with Gasteiger partial charge in [-0.3, -0.25) is 0 Å². The summed E-state index contributed by atoms with van der Waals surface area (Å²) in [5.74, 6) is 0. The van der Waals surface area contributed by atoms with E-state index in [0.717, 1.165) is 12.2 Å². The molecule has 1 N–H and O–H groups in total. The number of rotatable bonds is 4. The number of hydrogen-bond acceptors (Lipinski definition) is 3. The van der Waals surface area contributed by atoms with Gasteiger partial charge in [-0.2, -0.15) is 5.26 Å². The molecule has 1 atom stereocenters. The maximum Gasteiger partial charge on any atom is 0.0992 e. The Morgan fingerprint density at radius 2 is 2.36 bits per heavy atom. The molecule has 0 radical (unpaired) electrons. The van der Waals surface area contributed by atoms with Crippen molar-refractivity contribution < 1.29 is 4.74 Å². The molecule has 1 unspecified atom stereocenters. The minimum absolute atomic E-state index is 0.167. The molecule has 3 heteroatoms. The fourth-order valence-corrected chi connectivity index (χ4v) is 1.04. The fraction of sp³-hybridized carbons (Fsp3) is 0.364. The highest BCUT2D eigenvalue weighted by Gasteiger charge is 1.99. The van der Waals surface area contributed by atoms with Crippen LogP contribution in [0.3, 0.4) is 0 Å². The van der Waals surface area contributed by atoms with Gasteiger partial charge in [-0.25, -0.2) is 0 Å². The summed E-state index contributed by atoms with van der Waals surface area (Å²) in [6, 6.07) is 9.50. The Labute approximate surface area is 84.3 Å². The Balaban J connectivity index is 2.55. The molecule has 14 heavy (non-hydrogen) atoms. The molecule has 74 valence electrons. The van der Waals surface area contributed by atoms with Gasteiger partial charge in [0, 0.05) is 19.3 Å². The molecule has 1 aromatic rings. The number of benzene rings is 1. The topological polar surface area (TPSA) is 45.0 Å². The molecule has 0 aliphatic heterocycles. The molecule has 1 rings (SSSR count). The molecule has 0 fully saturated rings. The average Bonchev–Trinajstić information content (AvgIpc) is 2.26. The second kappa shape index (κ2) is 5.25. The average molecular weight is 190 g/mol. The van der Waals surface area contributed by atoms with Crippen molar-refractivity contribution in [3.05, 3.63) is 29.8 Å². The van der Waals surface area contributed by atoms with Crippen molar-refractivity contribution in [3.8, 4) is 6.07 Å². The van der Waals surface area contributed by atoms with Crippen LogP contribution in [-0.2, 0) is 4.74 Å². The van der Waals surface area contributed by atoms with E-state index in [4.69, 9.17) is 10.00 Å². The number of hydrogen-bond donors (Lipinski definition) is 1. The normalized spacial score (nSPS) is 11.8. The first-order valence-corrected chi connectivity index (χ1v) is 4.53. The first-order chi connectivity index (χ1) is 6.76. The third kappa shape index (κ3) is 3.08. The largest absolute Gasteiger partial charge is 0.382 e. The third-order valence-electron chi connectivity index (χ3n) is 1.99. The molecule has 0 saturated heterocycles. The SMILES string of the molecule is COC(C)CNc1cccc(C#N)c1. The van der Waals surface area contributed by atoms with E-state index >= 15 is 0 Å². The highest BCUT2D eigenvalue weighted by molar-refractivity contribution is 5.49. The Morgan fingerprint density at radius 3 is 3.00 bits per heavy atom. The van der Waals surface area contributed by atoms with Crippen LogP contribution in [0.1, 0.15) is 12.5 Å². The lowest BCUT2D eigenvalue weighted by Gasteiger charge is -2.11. The van der Waals surface area contributed by atoms with Crippen molar-refractivity contribution in [2.45, 2.75) is 13.0 Å². The molecular formula is C11H14N2O. The van der Waals surface area contributed by atoms with Crippen LogP contribution in [0.15, 0.2) is 24.3 Å². The van der Waals surface area contributed by atoms with Crippen molar-refractivity contribution in [2.75, 3.05) is 19.0 Å². The molecule has 1 aromatic carbocycles. The zero-order valence-corrected chi connectivity index (χ0v) is 8.45. The van der Waals surface area contributed by atoms with E-state index in [0.29, 0.717) is 5.56 Å². The number of anilines is 1. The van der Waals surface area contributed by atoms with Gasteiger partial charge in [-0.15, -0.1) is 0 Å². The first kappa shape index (κ1) is 10.6. The van der Waals surface area contributed by atoms with Crippen LogP contribution >= 0.6 is 0 Å². The van der Waals surface area contributed by atoms with Gasteiger partial charge in [-0.1, -0.05) is 6.07 Å². The molecule has 0 heterocycles. The van der Waals surface area contributed by atoms with Crippen molar-refractivity contribution in [3.63, 3.8) is 0 Å². The summed E-state index contributed by atoms with van der Waals surface area (Å²) in [7, 11) is 1.68. The van der Waals surface area contributed by atoms with Crippen LogP contribution in [0.25, 0.3) is 0 Å². The van der Waals surface area contributed by atoms with Crippen LogP contribution in [0.4, 0.5) is 5.69 Å². The highest BCUT2D eigenvalue weighted by atomic mass is 16.5. The van der Waals surface area contributed by atoms with Gasteiger partial charge in [0.2, 0.25) is 0 Å². The van der Waals surface area contributed by atoms with E-state index in [9.17, 15) is 0 Å². The summed E-state index contributed by atoms with van der Waals surface area (Å²) in [6.45, 7) is 2.73. The number of methoxy groups -OCH3 is 1. The monoisotopic (exact) mass is 190 g/mol. The standard InChI is InChI=1S/C11H14N2O/c1-9(14-2)8-13-11-5-3-4-10(6-11)7-12/h3-6,9,13H,8H2,1-2H3. The lowest BCUT2D eigenvalue weighted by atomic mass is 10.2. The zero-order chi connectivity index (χ0) is 10.4. The van der Waals surface area contributed by atoms with E-state index in [1.807, 2.05) is 25.1 Å². The zero-order valence-electron chi connectivity index (χ0n) is 8.45. The summed E-state index contributed by atoms with van der Waals surface area (Å²) >= 11 is 0. The smallest absolute Gasteiger partial charge is 0.0992 e. The summed E-state index contributed by atoms with van der Waals surface area (Å²) in [5, 5.41) is 11.9. The minimum Gasteiger partial charge on any atom is -0.382 e. The summed E-state index contributed by atoms with van der Waals surface area (Å²) < 4.78 is 5.10. The lowest BCUT2D eigenvalue weighted by molar-refractivity contribution is 0.129. The molecule has 0 aliphatic rings. The Bertz CT molecular complexity index is 330. The summed E-state index contributed by atoms with van der Waals surface area (Å²) in [6.07, 6.45) is 0.167. The maximum atomic E-state index is 8.68. The van der Waals surface area contributed by atoms with Crippen LogP contribution in [0.2, 0.25) is 0 Å². The van der Waals surface area contributed by atoms with E-state index in [2.05, 4.69) is 11.4 Å². The molecular weight excluding hydrogens is 176 g/mol. The summed E-state index contributed by atoms with van der Waals surface area (Å²) in [4.78, 5) is 0. The van der Waals surface area contributed by atoms with Crippen molar-refractivity contribution in [1.82, 2.24) is 0 Å². The van der Waals surface area contributed by atoms with E-state index < -0.39 is 0 Å². The van der Waals surface area contributed by atoms with E-state index in [1.54, 1.807) is 13.2 Å². The second-order valence-corrected chi connectivity index (χ2v) is 3.12. The van der Waals surface area contributed by atoms with E-state index in [1.165, 1.54) is 0 Å². The molecule has 0 spiro atoms. The van der Waals surface area contributed by atoms with Gasteiger partial charge >= 0.3 is 0 Å². The van der Waals surface area contributed by atoms with Crippen LogP contribution in [-0.4, -0.2) is 19.8 Å². The Morgan fingerprint density at radius 1 is 1.57 bits per heavy atom. The van der Waals surface area contributed by atoms with Gasteiger partial charge < -0.3 is 10.1 Å². The number of nitrogens with one attached hydrogen (secondary N) is 1. The summed E-state index contributed by atoms with van der Waals surface area (Å²) in [5.41, 5.74) is 1.62. The van der Waals surface area contributed by atoms with Gasteiger partial charge in [0.15, 0.2) is 0 Å². The predicted octanol–water partition coefficient (Wildman–Crippen LogP) is 2.01. The molecule has 0 amide bonds. The molecule has 0 saturated carbocycles. The number of ether oxygens (including phenoxy) is 1. The maximum absolute atomic E-state index is 8.68. The van der Waals surface area contributed by atoms with Crippen LogP contribution < -0.4 is 5.32 Å². The van der Waals surface area contributed by atoms with Crippen molar-refractivity contribution >= 4 is 5.69 Å². The Hall–Kier alpha value is -1.53. The fourth-order valence-electron chi connectivity index (χ4n) is 1.04. The number of nitriles is 1. The predicted molar refractivity (Wildman–Crippen MR) is 56.1 cm³/mol. The van der Waals surface area contributed by atoms with Crippen LogP contribution in [0.5, 0.6) is 0 Å².